The molecule has 2 amide bonds. The van der Waals surface area contributed by atoms with Crippen LogP contribution in [-0.2, 0) is 9.59 Å². The third kappa shape index (κ3) is 3.70. The van der Waals surface area contributed by atoms with Gasteiger partial charge in [-0.1, -0.05) is 6.07 Å². The summed E-state index contributed by atoms with van der Waals surface area (Å²) in [6, 6.07) is 6.28. The van der Waals surface area contributed by atoms with E-state index in [9.17, 15) is 14.4 Å². The Morgan fingerprint density at radius 1 is 1.04 bits per heavy atom. The smallest absolute Gasteiger partial charge is 0.314 e. The highest BCUT2D eigenvalue weighted by Gasteiger charge is 2.36. The second-order valence-corrected chi connectivity index (χ2v) is 6.19. The van der Waals surface area contributed by atoms with Gasteiger partial charge < -0.3 is 15.4 Å². The Bertz CT molecular complexity index is 631. The summed E-state index contributed by atoms with van der Waals surface area (Å²) < 4.78 is 5.35. The molecule has 1 aliphatic carbocycles. The van der Waals surface area contributed by atoms with Gasteiger partial charge >= 0.3 is 5.97 Å². The van der Waals surface area contributed by atoms with E-state index in [-0.39, 0.29) is 23.7 Å². The molecule has 0 unspecified atom stereocenters. The molecule has 6 heteroatoms. The molecule has 2 fully saturated rings. The molecule has 1 saturated heterocycles. The van der Waals surface area contributed by atoms with E-state index < -0.39 is 5.91 Å². The maximum absolute atomic E-state index is 12.2. The molecule has 1 aliphatic heterocycles. The van der Waals surface area contributed by atoms with Crippen LogP contribution < -0.4 is 10.5 Å². The van der Waals surface area contributed by atoms with Crippen molar-refractivity contribution in [1.29, 1.82) is 0 Å². The van der Waals surface area contributed by atoms with Crippen LogP contribution in [0, 0.1) is 11.8 Å². The number of carbonyl (C=O) groups excluding carboxylic acids is 3. The molecule has 0 atom stereocenters. The van der Waals surface area contributed by atoms with Gasteiger partial charge in [-0.05, 0) is 43.9 Å². The van der Waals surface area contributed by atoms with Crippen molar-refractivity contribution < 1.29 is 19.1 Å². The minimum atomic E-state index is -0.560. The number of carbonyl (C=O) groups is 3. The van der Waals surface area contributed by atoms with Gasteiger partial charge in [-0.3, -0.25) is 14.4 Å². The van der Waals surface area contributed by atoms with E-state index in [4.69, 9.17) is 10.5 Å². The van der Waals surface area contributed by atoms with Crippen LogP contribution in [0.4, 0.5) is 0 Å². The topological polar surface area (TPSA) is 89.7 Å². The van der Waals surface area contributed by atoms with Crippen molar-refractivity contribution in [1.82, 2.24) is 4.90 Å². The van der Waals surface area contributed by atoms with Crippen LogP contribution in [0.5, 0.6) is 5.75 Å². The predicted molar refractivity (Wildman–Crippen MR) is 82.6 cm³/mol. The molecular formula is C17H20N2O4. The minimum Gasteiger partial charge on any atom is -0.426 e. The Morgan fingerprint density at radius 2 is 1.74 bits per heavy atom. The Morgan fingerprint density at radius 3 is 2.35 bits per heavy atom. The zero-order chi connectivity index (χ0) is 16.4. The molecule has 1 saturated carbocycles. The summed E-state index contributed by atoms with van der Waals surface area (Å²) in [4.78, 5) is 37.2. The van der Waals surface area contributed by atoms with Crippen LogP contribution in [0.15, 0.2) is 24.3 Å². The molecule has 1 aromatic rings. The van der Waals surface area contributed by atoms with Gasteiger partial charge in [0, 0.05) is 24.6 Å². The predicted octanol–water partition coefficient (Wildman–Crippen LogP) is 1.34. The second-order valence-electron chi connectivity index (χ2n) is 6.19. The van der Waals surface area contributed by atoms with Crippen LogP contribution >= 0.6 is 0 Å². The van der Waals surface area contributed by atoms with Gasteiger partial charge in [0.1, 0.15) is 5.75 Å². The maximum atomic E-state index is 12.2. The van der Waals surface area contributed by atoms with Gasteiger partial charge in [-0.15, -0.1) is 0 Å². The number of esters is 1. The molecule has 2 N–H and O–H groups in total. The zero-order valence-electron chi connectivity index (χ0n) is 12.9. The van der Waals surface area contributed by atoms with E-state index in [0.29, 0.717) is 37.2 Å². The lowest BCUT2D eigenvalue weighted by Crippen LogP contribution is -2.41. The van der Waals surface area contributed by atoms with Crippen LogP contribution in [0.3, 0.4) is 0 Å². The number of hydrogen-bond acceptors (Lipinski definition) is 4. The largest absolute Gasteiger partial charge is 0.426 e. The summed E-state index contributed by atoms with van der Waals surface area (Å²) in [5, 5.41) is 0. The third-order valence-electron chi connectivity index (χ3n) is 4.40. The van der Waals surface area contributed by atoms with Crippen LogP contribution in [0.1, 0.15) is 36.0 Å². The first-order valence-corrected chi connectivity index (χ1v) is 7.95. The summed E-state index contributed by atoms with van der Waals surface area (Å²) in [7, 11) is 0. The van der Waals surface area contributed by atoms with Crippen molar-refractivity contribution in [2.45, 2.75) is 25.7 Å². The summed E-state index contributed by atoms with van der Waals surface area (Å²) in [5.74, 6) is -0.320. The third-order valence-corrected chi connectivity index (χ3v) is 4.40. The van der Waals surface area contributed by atoms with Crippen molar-refractivity contribution in [3.63, 3.8) is 0 Å². The van der Waals surface area contributed by atoms with Crippen molar-refractivity contribution in [3.8, 4) is 5.75 Å². The van der Waals surface area contributed by atoms with Gasteiger partial charge in [0.15, 0.2) is 0 Å². The molecule has 0 spiro atoms. The lowest BCUT2D eigenvalue weighted by Gasteiger charge is -2.31. The maximum Gasteiger partial charge on any atom is 0.314 e. The van der Waals surface area contributed by atoms with Gasteiger partial charge in [0.25, 0.3) is 0 Å². The normalized spacial score (nSPS) is 18.5. The van der Waals surface area contributed by atoms with Crippen molar-refractivity contribution in [2.24, 2.45) is 17.6 Å². The number of nitrogens with two attached hydrogens (primary N) is 1. The van der Waals surface area contributed by atoms with E-state index >= 15 is 0 Å². The summed E-state index contributed by atoms with van der Waals surface area (Å²) in [5.41, 5.74) is 5.52. The summed E-state index contributed by atoms with van der Waals surface area (Å²) >= 11 is 0. The average molecular weight is 316 g/mol. The molecule has 1 heterocycles. The van der Waals surface area contributed by atoms with Crippen LogP contribution in [-0.4, -0.2) is 35.8 Å². The summed E-state index contributed by atoms with van der Waals surface area (Å²) in [6.45, 7) is 1.22. The SMILES string of the molecule is NC(=O)c1cccc(OC(=O)C2CCN(C(=O)C3CC3)CC2)c1. The highest BCUT2D eigenvalue weighted by Crippen LogP contribution is 2.32. The number of benzene rings is 1. The van der Waals surface area contributed by atoms with Gasteiger partial charge in [-0.25, -0.2) is 0 Å². The summed E-state index contributed by atoms with van der Waals surface area (Å²) in [6.07, 6.45) is 3.23. The molecule has 0 radical (unpaired) electrons. The lowest BCUT2D eigenvalue weighted by molar-refractivity contribution is -0.143. The minimum absolute atomic E-state index is 0.213. The number of ether oxygens (including phenoxy) is 1. The molecule has 122 valence electrons. The van der Waals surface area contributed by atoms with Crippen molar-refractivity contribution in [3.05, 3.63) is 29.8 Å². The first-order chi connectivity index (χ1) is 11.0. The zero-order valence-corrected chi connectivity index (χ0v) is 12.9. The molecule has 2 aliphatic rings. The quantitative estimate of drug-likeness (QED) is 0.670. The van der Waals surface area contributed by atoms with Crippen molar-refractivity contribution in [2.75, 3.05) is 13.1 Å². The van der Waals surface area contributed by atoms with Crippen LogP contribution in [0.25, 0.3) is 0 Å². The van der Waals surface area contributed by atoms with Gasteiger partial charge in [-0.2, -0.15) is 0 Å². The standard InChI is InChI=1S/C17H20N2O4/c18-15(20)13-2-1-3-14(10-13)23-17(22)12-6-8-19(9-7-12)16(21)11-4-5-11/h1-3,10-12H,4-9H2,(H2,18,20). The monoisotopic (exact) mass is 316 g/mol. The van der Waals surface area contributed by atoms with Gasteiger partial charge in [0.05, 0.1) is 5.92 Å². The Kier molecular flexibility index (Phi) is 4.32. The molecular weight excluding hydrogens is 296 g/mol. The van der Waals surface area contributed by atoms with Crippen LogP contribution in [0.2, 0.25) is 0 Å². The second kappa shape index (κ2) is 6.40. The number of hydrogen-bond donors (Lipinski definition) is 1. The van der Waals surface area contributed by atoms with E-state index in [1.165, 1.54) is 6.07 Å². The fourth-order valence-corrected chi connectivity index (χ4v) is 2.84. The Balaban J connectivity index is 1.54. The van der Waals surface area contributed by atoms with Gasteiger partial charge in [0.2, 0.25) is 11.8 Å². The Hall–Kier alpha value is -2.37. The molecule has 23 heavy (non-hydrogen) atoms. The molecule has 1 aromatic carbocycles. The fourth-order valence-electron chi connectivity index (χ4n) is 2.84. The highest BCUT2D eigenvalue weighted by atomic mass is 16.5. The number of likely N-dealkylation sites (tertiary alicyclic amines) is 1. The molecule has 0 bridgehead atoms. The first-order valence-electron chi connectivity index (χ1n) is 7.95. The number of piperidine rings is 1. The molecule has 6 nitrogen and oxygen atoms in total. The number of rotatable bonds is 4. The van der Waals surface area contributed by atoms with Crippen molar-refractivity contribution >= 4 is 17.8 Å². The van der Waals surface area contributed by atoms with E-state index in [0.717, 1.165) is 12.8 Å². The van der Waals surface area contributed by atoms with E-state index in [2.05, 4.69) is 0 Å². The molecule has 3 rings (SSSR count). The average Bonchev–Trinajstić information content (AvgIpc) is 3.39. The lowest BCUT2D eigenvalue weighted by atomic mass is 9.96. The highest BCUT2D eigenvalue weighted by molar-refractivity contribution is 5.93. The number of nitrogens with zero attached hydrogens (tertiary/aromatic N) is 1. The van der Waals surface area contributed by atoms with E-state index in [1.807, 2.05) is 4.90 Å². The fraction of sp³-hybridized carbons (Fsp3) is 0.471. The number of primary amides is 1. The number of amides is 2. The molecule has 0 aromatic heterocycles. The first kappa shape index (κ1) is 15.5. The Labute approximate surface area is 134 Å². The van der Waals surface area contributed by atoms with E-state index in [1.54, 1.807) is 18.2 Å².